The zero-order valence-electron chi connectivity index (χ0n) is 9.86. The molecular weight excluding hydrogens is 192 g/mol. The largest absolute Gasteiger partial charge is 0.392 e. The molecule has 1 rings (SSSR count). The van der Waals surface area contributed by atoms with Crippen molar-refractivity contribution in [3.8, 4) is 0 Å². The van der Waals surface area contributed by atoms with Crippen molar-refractivity contribution < 1.29 is 5.11 Å². The first-order valence-corrected chi connectivity index (χ1v) is 6.78. The van der Waals surface area contributed by atoms with Crippen molar-refractivity contribution in [3.63, 3.8) is 0 Å². The Labute approximate surface area is 92.7 Å². The van der Waals surface area contributed by atoms with Crippen molar-refractivity contribution in [2.45, 2.75) is 63.6 Å². The van der Waals surface area contributed by atoms with Crippen molar-refractivity contribution in [2.75, 3.05) is 0 Å². The highest BCUT2D eigenvalue weighted by molar-refractivity contribution is 8.00. The summed E-state index contributed by atoms with van der Waals surface area (Å²) >= 11 is 1.98. The van der Waals surface area contributed by atoms with Gasteiger partial charge in [0.25, 0.3) is 0 Å². The molecule has 5 unspecified atom stereocenters. The van der Waals surface area contributed by atoms with Crippen LogP contribution in [-0.2, 0) is 0 Å². The van der Waals surface area contributed by atoms with Crippen LogP contribution >= 0.6 is 11.8 Å². The van der Waals surface area contributed by atoms with Crippen LogP contribution in [0, 0.1) is 11.8 Å². The third kappa shape index (κ3) is 3.47. The van der Waals surface area contributed by atoms with E-state index in [1.54, 1.807) is 0 Å². The van der Waals surface area contributed by atoms with Crippen molar-refractivity contribution in [1.29, 1.82) is 0 Å². The van der Waals surface area contributed by atoms with Gasteiger partial charge in [0, 0.05) is 10.5 Å². The van der Waals surface area contributed by atoms with E-state index >= 15 is 0 Å². The topological polar surface area (TPSA) is 20.2 Å². The molecule has 0 aromatic carbocycles. The van der Waals surface area contributed by atoms with E-state index in [4.69, 9.17) is 0 Å². The Morgan fingerprint density at radius 1 is 1.14 bits per heavy atom. The molecule has 0 aromatic heterocycles. The average molecular weight is 216 g/mol. The molecule has 0 bridgehead atoms. The first-order valence-electron chi connectivity index (χ1n) is 5.84. The van der Waals surface area contributed by atoms with E-state index in [1.807, 2.05) is 18.7 Å². The van der Waals surface area contributed by atoms with Crippen molar-refractivity contribution in [3.05, 3.63) is 0 Å². The number of hydrogen-bond donors (Lipinski definition) is 1. The van der Waals surface area contributed by atoms with Gasteiger partial charge in [-0.05, 0) is 38.0 Å². The normalized spacial score (nSPS) is 37.9. The number of hydrogen-bond acceptors (Lipinski definition) is 2. The van der Waals surface area contributed by atoms with Gasteiger partial charge in [-0.3, -0.25) is 0 Å². The Morgan fingerprint density at radius 3 is 2.29 bits per heavy atom. The Hall–Kier alpha value is 0.310. The molecule has 0 saturated heterocycles. The minimum Gasteiger partial charge on any atom is -0.392 e. The third-order valence-electron chi connectivity index (χ3n) is 3.64. The van der Waals surface area contributed by atoms with Crippen LogP contribution in [0.4, 0.5) is 0 Å². The highest BCUT2D eigenvalue weighted by atomic mass is 32.2. The molecule has 5 atom stereocenters. The average Bonchev–Trinajstić information content (AvgIpc) is 2.11. The molecule has 0 heterocycles. The fourth-order valence-electron chi connectivity index (χ4n) is 2.04. The van der Waals surface area contributed by atoms with Crippen molar-refractivity contribution >= 4 is 11.8 Å². The number of aliphatic hydroxyl groups excluding tert-OH is 1. The van der Waals surface area contributed by atoms with Crippen LogP contribution in [0.3, 0.4) is 0 Å². The molecule has 0 aliphatic heterocycles. The summed E-state index contributed by atoms with van der Waals surface area (Å²) in [4.78, 5) is 0. The molecule has 1 aliphatic carbocycles. The summed E-state index contributed by atoms with van der Waals surface area (Å²) < 4.78 is 0. The quantitative estimate of drug-likeness (QED) is 0.781. The predicted octanol–water partition coefficient (Wildman–Crippen LogP) is 3.31. The van der Waals surface area contributed by atoms with Gasteiger partial charge in [-0.2, -0.15) is 11.8 Å². The summed E-state index contributed by atoms with van der Waals surface area (Å²) in [6, 6.07) is 0. The Bertz CT molecular complexity index is 170. The van der Waals surface area contributed by atoms with E-state index < -0.39 is 0 Å². The lowest BCUT2D eigenvalue weighted by molar-refractivity contribution is 0.195. The maximum Gasteiger partial charge on any atom is 0.0628 e. The van der Waals surface area contributed by atoms with Crippen LogP contribution in [-0.4, -0.2) is 21.7 Å². The lowest BCUT2D eigenvalue weighted by atomic mass is 9.81. The molecule has 0 amide bonds. The zero-order chi connectivity index (χ0) is 10.7. The second-order valence-corrected chi connectivity index (χ2v) is 6.65. The Morgan fingerprint density at radius 2 is 1.79 bits per heavy atom. The van der Waals surface area contributed by atoms with Crippen LogP contribution in [0.5, 0.6) is 0 Å². The van der Waals surface area contributed by atoms with E-state index in [9.17, 15) is 5.11 Å². The fraction of sp³-hybridized carbons (Fsp3) is 1.00. The number of thioether (sulfide) groups is 1. The Balaban J connectivity index is 2.33. The first-order chi connectivity index (χ1) is 6.50. The molecule has 1 fully saturated rings. The van der Waals surface area contributed by atoms with Gasteiger partial charge >= 0.3 is 0 Å². The fourth-order valence-corrected chi connectivity index (χ4v) is 3.56. The smallest absolute Gasteiger partial charge is 0.0628 e. The van der Waals surface area contributed by atoms with Gasteiger partial charge in [0.2, 0.25) is 0 Å². The van der Waals surface area contributed by atoms with Crippen LogP contribution in [0.1, 0.15) is 47.0 Å². The molecule has 0 aromatic rings. The van der Waals surface area contributed by atoms with E-state index in [0.717, 1.165) is 17.1 Å². The van der Waals surface area contributed by atoms with Crippen molar-refractivity contribution in [2.24, 2.45) is 11.8 Å². The van der Waals surface area contributed by atoms with Crippen molar-refractivity contribution in [1.82, 2.24) is 0 Å². The summed E-state index contributed by atoms with van der Waals surface area (Å²) in [5.41, 5.74) is 0. The monoisotopic (exact) mass is 216 g/mol. The molecule has 1 N–H and O–H groups in total. The molecule has 0 spiro atoms. The van der Waals surface area contributed by atoms with Gasteiger partial charge in [0.15, 0.2) is 0 Å². The standard InChI is InChI=1S/C12H24OS/c1-8-5-6-12(7-9(8)2)14-11(4)10(3)13/h8-13H,5-7H2,1-4H3. The van der Waals surface area contributed by atoms with Crippen LogP contribution in [0.25, 0.3) is 0 Å². The van der Waals surface area contributed by atoms with Gasteiger partial charge in [-0.25, -0.2) is 0 Å². The second kappa shape index (κ2) is 5.41. The molecule has 2 heteroatoms. The van der Waals surface area contributed by atoms with E-state index in [-0.39, 0.29) is 6.10 Å². The summed E-state index contributed by atoms with van der Waals surface area (Å²) in [7, 11) is 0. The van der Waals surface area contributed by atoms with Crippen LogP contribution in [0.2, 0.25) is 0 Å². The van der Waals surface area contributed by atoms with Crippen LogP contribution in [0.15, 0.2) is 0 Å². The molecule has 1 nitrogen and oxygen atoms in total. The number of rotatable bonds is 3. The highest BCUT2D eigenvalue weighted by Gasteiger charge is 2.26. The van der Waals surface area contributed by atoms with Gasteiger partial charge < -0.3 is 5.11 Å². The molecule has 84 valence electrons. The zero-order valence-corrected chi connectivity index (χ0v) is 10.7. The first kappa shape index (κ1) is 12.4. The lowest BCUT2D eigenvalue weighted by Crippen LogP contribution is -2.26. The van der Waals surface area contributed by atoms with Gasteiger partial charge in [0.05, 0.1) is 6.10 Å². The molecule has 1 aliphatic rings. The third-order valence-corrected chi connectivity index (χ3v) is 5.27. The summed E-state index contributed by atoms with van der Waals surface area (Å²) in [6.45, 7) is 8.76. The minimum absolute atomic E-state index is 0.172. The molecule has 1 saturated carbocycles. The van der Waals surface area contributed by atoms with Gasteiger partial charge in [-0.15, -0.1) is 0 Å². The summed E-state index contributed by atoms with van der Waals surface area (Å²) in [6.07, 6.45) is 3.87. The second-order valence-electron chi connectivity index (χ2n) is 4.97. The SMILES string of the molecule is CC(O)C(C)SC1CCC(C)C(C)C1. The van der Waals surface area contributed by atoms with E-state index in [1.165, 1.54) is 19.3 Å². The number of aliphatic hydroxyl groups is 1. The molecule has 0 radical (unpaired) electrons. The highest BCUT2D eigenvalue weighted by Crippen LogP contribution is 2.37. The van der Waals surface area contributed by atoms with Crippen LogP contribution < -0.4 is 0 Å². The predicted molar refractivity (Wildman–Crippen MR) is 64.7 cm³/mol. The van der Waals surface area contributed by atoms with Gasteiger partial charge in [0.1, 0.15) is 0 Å². The van der Waals surface area contributed by atoms with E-state index in [0.29, 0.717) is 5.25 Å². The van der Waals surface area contributed by atoms with Gasteiger partial charge in [-0.1, -0.05) is 20.8 Å². The summed E-state index contributed by atoms with van der Waals surface area (Å²) in [5, 5.41) is 10.6. The van der Waals surface area contributed by atoms with E-state index in [2.05, 4.69) is 20.8 Å². The lowest BCUT2D eigenvalue weighted by Gasteiger charge is -2.33. The Kier molecular flexibility index (Phi) is 4.78. The minimum atomic E-state index is -0.172. The maximum atomic E-state index is 9.45. The maximum absolute atomic E-state index is 9.45. The molecular formula is C12H24OS. The molecule has 14 heavy (non-hydrogen) atoms. The summed E-state index contributed by atoms with van der Waals surface area (Å²) in [5.74, 6) is 1.76.